The zero-order valence-corrected chi connectivity index (χ0v) is 15.2. The number of carbonyl (C=O) groups excluding carboxylic acids is 1. The first kappa shape index (κ1) is 17.9. The van der Waals surface area contributed by atoms with Gasteiger partial charge in [0.05, 0.1) is 18.3 Å². The number of carbonyl (C=O) groups is 1. The van der Waals surface area contributed by atoms with Crippen LogP contribution in [-0.2, 0) is 11.3 Å². The summed E-state index contributed by atoms with van der Waals surface area (Å²) in [6.07, 6.45) is 0. The van der Waals surface area contributed by atoms with Gasteiger partial charge in [0.2, 0.25) is 0 Å². The minimum Gasteiger partial charge on any atom is -0.326 e. The lowest BCUT2D eigenvalue weighted by atomic mass is 10.1. The Balaban J connectivity index is 1.64. The van der Waals surface area contributed by atoms with Crippen LogP contribution >= 0.6 is 11.6 Å². The van der Waals surface area contributed by atoms with Crippen molar-refractivity contribution in [2.45, 2.75) is 6.54 Å². The molecular formula is C21H19ClN3O+. The average molecular weight is 365 g/mol. The van der Waals surface area contributed by atoms with Crippen LogP contribution in [0.5, 0.6) is 0 Å². The second kappa shape index (κ2) is 8.01. The molecule has 3 aromatic carbocycles. The van der Waals surface area contributed by atoms with Crippen molar-refractivity contribution in [2.24, 2.45) is 0 Å². The lowest BCUT2D eigenvalue weighted by Crippen LogP contribution is -3.08. The van der Waals surface area contributed by atoms with Gasteiger partial charge in [0.1, 0.15) is 12.6 Å². The van der Waals surface area contributed by atoms with Crippen LogP contribution in [-0.4, -0.2) is 19.5 Å². The van der Waals surface area contributed by atoms with Gasteiger partial charge in [-0.3, -0.25) is 4.79 Å². The van der Waals surface area contributed by atoms with Gasteiger partial charge in [-0.1, -0.05) is 48.0 Å². The Labute approximate surface area is 157 Å². The molecule has 0 aromatic heterocycles. The van der Waals surface area contributed by atoms with E-state index in [-0.39, 0.29) is 5.91 Å². The molecule has 2 N–H and O–H groups in total. The number of anilines is 1. The van der Waals surface area contributed by atoms with E-state index in [1.165, 1.54) is 16.3 Å². The third kappa shape index (κ3) is 4.40. The van der Waals surface area contributed by atoms with Crippen molar-refractivity contribution in [2.75, 3.05) is 18.9 Å². The summed E-state index contributed by atoms with van der Waals surface area (Å²) in [4.78, 5) is 13.4. The van der Waals surface area contributed by atoms with Crippen molar-refractivity contribution in [3.63, 3.8) is 0 Å². The van der Waals surface area contributed by atoms with E-state index < -0.39 is 0 Å². The Morgan fingerprint density at radius 1 is 1.12 bits per heavy atom. The van der Waals surface area contributed by atoms with Crippen LogP contribution in [0.1, 0.15) is 11.1 Å². The third-order valence-electron chi connectivity index (χ3n) is 4.16. The molecule has 1 atom stereocenters. The summed E-state index contributed by atoms with van der Waals surface area (Å²) >= 11 is 5.95. The SMILES string of the molecule is C[NH+](CC(=O)Nc1cc(Cl)ccc1C#N)Cc1ccc2ccccc2c1. The van der Waals surface area contributed by atoms with E-state index in [2.05, 4.69) is 41.7 Å². The molecule has 26 heavy (non-hydrogen) atoms. The van der Waals surface area contributed by atoms with Crippen molar-refractivity contribution in [1.29, 1.82) is 5.26 Å². The molecule has 3 aromatic rings. The maximum absolute atomic E-state index is 12.3. The van der Waals surface area contributed by atoms with Crippen LogP contribution in [0, 0.1) is 11.3 Å². The van der Waals surface area contributed by atoms with Gasteiger partial charge in [-0.05, 0) is 35.0 Å². The number of nitrogens with zero attached hydrogens (tertiary/aromatic N) is 1. The number of nitriles is 1. The lowest BCUT2D eigenvalue weighted by molar-refractivity contribution is -0.885. The fourth-order valence-electron chi connectivity index (χ4n) is 2.95. The zero-order valence-electron chi connectivity index (χ0n) is 14.4. The van der Waals surface area contributed by atoms with E-state index in [4.69, 9.17) is 16.9 Å². The highest BCUT2D eigenvalue weighted by molar-refractivity contribution is 6.31. The molecule has 0 radical (unpaired) electrons. The molecule has 130 valence electrons. The van der Waals surface area contributed by atoms with Crippen LogP contribution in [0.25, 0.3) is 10.8 Å². The molecule has 0 saturated carbocycles. The summed E-state index contributed by atoms with van der Waals surface area (Å²) < 4.78 is 0. The number of nitrogens with one attached hydrogen (secondary N) is 2. The van der Waals surface area contributed by atoms with Gasteiger partial charge in [-0.15, -0.1) is 0 Å². The van der Waals surface area contributed by atoms with E-state index in [1.54, 1.807) is 18.2 Å². The molecule has 0 heterocycles. The smallest absolute Gasteiger partial charge is 0.279 e. The number of amides is 1. The maximum atomic E-state index is 12.3. The molecule has 0 fully saturated rings. The molecule has 0 saturated heterocycles. The second-order valence-electron chi connectivity index (χ2n) is 6.34. The molecular weight excluding hydrogens is 346 g/mol. The van der Waals surface area contributed by atoms with Crippen molar-refractivity contribution in [3.8, 4) is 6.07 Å². The highest BCUT2D eigenvalue weighted by Crippen LogP contribution is 2.20. The second-order valence-corrected chi connectivity index (χ2v) is 6.78. The molecule has 4 nitrogen and oxygen atoms in total. The molecule has 5 heteroatoms. The first-order chi connectivity index (χ1) is 12.5. The number of likely N-dealkylation sites (N-methyl/N-ethyl adjacent to an activating group) is 1. The maximum Gasteiger partial charge on any atom is 0.279 e. The molecule has 1 unspecified atom stereocenters. The van der Waals surface area contributed by atoms with Crippen molar-refractivity contribution >= 4 is 34.0 Å². The predicted octanol–water partition coefficient (Wildman–Crippen LogP) is 3.02. The van der Waals surface area contributed by atoms with Crippen LogP contribution in [0.15, 0.2) is 60.7 Å². The topological polar surface area (TPSA) is 57.3 Å². The van der Waals surface area contributed by atoms with Gasteiger partial charge in [0, 0.05) is 10.6 Å². The van der Waals surface area contributed by atoms with Crippen LogP contribution in [0.4, 0.5) is 5.69 Å². The Morgan fingerprint density at radius 3 is 2.65 bits per heavy atom. The number of hydrogen-bond acceptors (Lipinski definition) is 2. The molecule has 0 bridgehead atoms. The fraction of sp³-hybridized carbons (Fsp3) is 0.143. The number of benzene rings is 3. The summed E-state index contributed by atoms with van der Waals surface area (Å²) in [5.74, 6) is -0.151. The highest BCUT2D eigenvalue weighted by atomic mass is 35.5. The van der Waals surface area contributed by atoms with Crippen LogP contribution in [0.3, 0.4) is 0 Å². The largest absolute Gasteiger partial charge is 0.326 e. The van der Waals surface area contributed by atoms with Crippen molar-refractivity contribution in [3.05, 3.63) is 76.8 Å². The van der Waals surface area contributed by atoms with Gasteiger partial charge in [0.15, 0.2) is 6.54 Å². The van der Waals surface area contributed by atoms with E-state index in [1.807, 2.05) is 19.2 Å². The summed E-state index contributed by atoms with van der Waals surface area (Å²) in [6, 6.07) is 21.4. The standard InChI is InChI=1S/C21H18ClN3O/c1-25(13-15-6-7-16-4-2-3-5-17(16)10-15)14-21(26)24-20-11-19(22)9-8-18(20)12-23/h2-11H,13-14H2,1H3,(H,24,26)/p+1. The minimum absolute atomic E-state index is 0.151. The average Bonchev–Trinajstić information content (AvgIpc) is 2.61. The zero-order chi connectivity index (χ0) is 18.5. The van der Waals surface area contributed by atoms with E-state index in [9.17, 15) is 4.79 Å². The Bertz CT molecular complexity index is 994. The monoisotopic (exact) mass is 364 g/mol. The van der Waals surface area contributed by atoms with Crippen molar-refractivity contribution < 1.29 is 9.69 Å². The van der Waals surface area contributed by atoms with Crippen LogP contribution in [0.2, 0.25) is 5.02 Å². The normalized spacial score (nSPS) is 11.7. The number of quaternary nitrogens is 1. The number of rotatable bonds is 5. The summed E-state index contributed by atoms with van der Waals surface area (Å²) in [7, 11) is 1.97. The Hall–Kier alpha value is -2.87. The lowest BCUT2D eigenvalue weighted by Gasteiger charge is -2.15. The first-order valence-corrected chi connectivity index (χ1v) is 8.71. The predicted molar refractivity (Wildman–Crippen MR) is 104 cm³/mol. The summed E-state index contributed by atoms with van der Waals surface area (Å²) in [6.45, 7) is 1.03. The third-order valence-corrected chi connectivity index (χ3v) is 4.39. The minimum atomic E-state index is -0.151. The van der Waals surface area contributed by atoms with Gasteiger partial charge in [-0.25, -0.2) is 0 Å². The Morgan fingerprint density at radius 2 is 1.88 bits per heavy atom. The molecule has 1 amide bonds. The molecule has 0 spiro atoms. The first-order valence-electron chi connectivity index (χ1n) is 8.33. The van der Waals surface area contributed by atoms with E-state index in [0.29, 0.717) is 22.8 Å². The summed E-state index contributed by atoms with van der Waals surface area (Å²) in [5.41, 5.74) is 2.02. The Kier molecular flexibility index (Phi) is 5.52. The molecule has 0 aliphatic heterocycles. The van der Waals surface area contributed by atoms with Gasteiger partial charge >= 0.3 is 0 Å². The molecule has 0 aliphatic carbocycles. The van der Waals surface area contributed by atoms with E-state index >= 15 is 0 Å². The van der Waals surface area contributed by atoms with Gasteiger partial charge in [0.25, 0.3) is 5.91 Å². The van der Waals surface area contributed by atoms with E-state index in [0.717, 1.165) is 11.4 Å². The number of halogens is 1. The fourth-order valence-corrected chi connectivity index (χ4v) is 3.12. The van der Waals surface area contributed by atoms with Gasteiger partial charge in [-0.2, -0.15) is 5.26 Å². The number of hydrogen-bond donors (Lipinski definition) is 2. The summed E-state index contributed by atoms with van der Waals surface area (Å²) in [5, 5.41) is 14.8. The van der Waals surface area contributed by atoms with Crippen molar-refractivity contribution in [1.82, 2.24) is 0 Å². The van der Waals surface area contributed by atoms with Gasteiger partial charge < -0.3 is 10.2 Å². The quantitative estimate of drug-likeness (QED) is 0.731. The highest BCUT2D eigenvalue weighted by Gasteiger charge is 2.13. The molecule has 0 aliphatic rings. The molecule has 3 rings (SSSR count). The number of fused-ring (bicyclic) bond motifs is 1. The van der Waals surface area contributed by atoms with Crippen LogP contribution < -0.4 is 10.2 Å².